The molecule has 1 aliphatic carbocycles. The zero-order chi connectivity index (χ0) is 19.8. The maximum Gasteiger partial charge on any atom is 0.169 e. The molecule has 0 spiro atoms. The van der Waals surface area contributed by atoms with Gasteiger partial charge in [-0.15, -0.1) is 5.10 Å². The number of rotatable bonds is 4. The fraction of sp³-hybridized carbons (Fsp3) is 0.130. The first-order valence-electron chi connectivity index (χ1n) is 9.45. The van der Waals surface area contributed by atoms with Crippen molar-refractivity contribution in [2.24, 2.45) is 0 Å². The van der Waals surface area contributed by atoms with Crippen LogP contribution in [0.1, 0.15) is 34.2 Å². The highest BCUT2D eigenvalue weighted by Crippen LogP contribution is 2.38. The van der Waals surface area contributed by atoms with Gasteiger partial charge in [-0.1, -0.05) is 35.9 Å². The molecule has 0 radical (unpaired) electrons. The van der Waals surface area contributed by atoms with Crippen molar-refractivity contribution in [1.82, 2.24) is 9.78 Å². The van der Waals surface area contributed by atoms with Gasteiger partial charge in [-0.25, -0.2) is 4.68 Å². The predicted octanol–water partition coefficient (Wildman–Crippen LogP) is 5.78. The quantitative estimate of drug-likeness (QED) is 0.469. The van der Waals surface area contributed by atoms with Crippen LogP contribution in [0.4, 0.5) is 11.5 Å². The molecule has 5 rings (SSSR count). The molecule has 2 heterocycles. The number of carbonyl (C=O) groups is 1. The van der Waals surface area contributed by atoms with E-state index >= 15 is 0 Å². The van der Waals surface area contributed by atoms with E-state index in [9.17, 15) is 4.79 Å². The predicted molar refractivity (Wildman–Crippen MR) is 112 cm³/mol. The van der Waals surface area contributed by atoms with Gasteiger partial charge in [-0.2, -0.15) is 0 Å². The Hall–Kier alpha value is -3.31. The van der Waals surface area contributed by atoms with Gasteiger partial charge in [-0.05, 0) is 42.5 Å². The highest BCUT2D eigenvalue weighted by Gasteiger charge is 2.34. The lowest BCUT2D eigenvalue weighted by Gasteiger charge is -2.21. The van der Waals surface area contributed by atoms with Crippen molar-refractivity contribution >= 4 is 28.9 Å². The zero-order valence-electron chi connectivity index (χ0n) is 15.5. The van der Waals surface area contributed by atoms with Crippen LogP contribution in [0, 0.1) is 0 Å². The maximum atomic E-state index is 13.2. The Morgan fingerprint density at radius 3 is 2.66 bits per heavy atom. The van der Waals surface area contributed by atoms with E-state index in [1.54, 1.807) is 6.26 Å². The SMILES string of the molecule is O=C1CC(c2ccco2)Cc2c1c(Nc1cccc(Cl)c1)nn2-c1ccccc1. The number of para-hydroxylation sites is 1. The largest absolute Gasteiger partial charge is 0.469 e. The summed E-state index contributed by atoms with van der Waals surface area (Å²) in [6.45, 7) is 0. The molecule has 1 atom stereocenters. The average molecular weight is 404 g/mol. The molecule has 1 unspecified atom stereocenters. The third-order valence-electron chi connectivity index (χ3n) is 5.17. The van der Waals surface area contributed by atoms with Crippen molar-refractivity contribution in [2.45, 2.75) is 18.8 Å². The number of carbonyl (C=O) groups excluding carboxylic acids is 1. The topological polar surface area (TPSA) is 60.1 Å². The lowest BCUT2D eigenvalue weighted by Crippen LogP contribution is -2.20. The summed E-state index contributed by atoms with van der Waals surface area (Å²) >= 11 is 6.12. The van der Waals surface area contributed by atoms with Gasteiger partial charge in [-0.3, -0.25) is 4.79 Å². The van der Waals surface area contributed by atoms with Crippen LogP contribution >= 0.6 is 11.6 Å². The van der Waals surface area contributed by atoms with Crippen molar-refractivity contribution in [3.63, 3.8) is 0 Å². The molecule has 29 heavy (non-hydrogen) atoms. The number of aromatic nitrogens is 2. The molecular weight excluding hydrogens is 386 g/mol. The number of benzene rings is 2. The summed E-state index contributed by atoms with van der Waals surface area (Å²) in [6, 6.07) is 21.0. The number of halogens is 1. The van der Waals surface area contributed by atoms with Gasteiger partial charge in [0, 0.05) is 29.5 Å². The summed E-state index contributed by atoms with van der Waals surface area (Å²) in [5, 5.41) is 8.67. The van der Waals surface area contributed by atoms with E-state index in [2.05, 4.69) is 5.32 Å². The maximum absolute atomic E-state index is 13.2. The molecule has 2 aromatic heterocycles. The number of nitrogens with one attached hydrogen (secondary N) is 1. The smallest absolute Gasteiger partial charge is 0.169 e. The fourth-order valence-corrected chi connectivity index (χ4v) is 4.05. The molecule has 0 aliphatic heterocycles. The highest BCUT2D eigenvalue weighted by molar-refractivity contribution is 6.30. The van der Waals surface area contributed by atoms with Crippen LogP contribution in [0.5, 0.6) is 0 Å². The second kappa shape index (κ2) is 7.26. The Morgan fingerprint density at radius 1 is 1.03 bits per heavy atom. The van der Waals surface area contributed by atoms with Crippen molar-refractivity contribution < 1.29 is 9.21 Å². The van der Waals surface area contributed by atoms with Gasteiger partial charge in [0.15, 0.2) is 11.6 Å². The first kappa shape index (κ1) is 17.8. The zero-order valence-corrected chi connectivity index (χ0v) is 16.3. The molecule has 1 aliphatic rings. The molecule has 0 saturated carbocycles. The molecule has 0 amide bonds. The molecular formula is C23H18ClN3O2. The average Bonchev–Trinajstić information content (AvgIpc) is 3.37. The van der Waals surface area contributed by atoms with Crippen LogP contribution in [-0.2, 0) is 6.42 Å². The summed E-state index contributed by atoms with van der Waals surface area (Å²) in [6.07, 6.45) is 2.72. The minimum atomic E-state index is 0.00295. The van der Waals surface area contributed by atoms with Crippen LogP contribution in [0.3, 0.4) is 0 Å². The molecule has 0 bridgehead atoms. The summed E-state index contributed by atoms with van der Waals surface area (Å²) in [7, 11) is 0. The number of fused-ring (bicyclic) bond motifs is 1. The van der Waals surface area contributed by atoms with Crippen molar-refractivity contribution in [1.29, 1.82) is 0 Å². The highest BCUT2D eigenvalue weighted by atomic mass is 35.5. The van der Waals surface area contributed by atoms with E-state index < -0.39 is 0 Å². The van der Waals surface area contributed by atoms with E-state index in [1.807, 2.05) is 71.4 Å². The second-order valence-electron chi connectivity index (χ2n) is 7.10. The van der Waals surface area contributed by atoms with Gasteiger partial charge >= 0.3 is 0 Å². The minimum Gasteiger partial charge on any atom is -0.469 e. The summed E-state index contributed by atoms with van der Waals surface area (Å²) in [5.74, 6) is 1.44. The number of nitrogens with zero attached hydrogens (tertiary/aromatic N) is 2. The van der Waals surface area contributed by atoms with Gasteiger partial charge in [0.1, 0.15) is 5.76 Å². The van der Waals surface area contributed by atoms with Gasteiger partial charge < -0.3 is 9.73 Å². The Balaban J connectivity index is 1.62. The Labute approximate surface area is 172 Å². The van der Waals surface area contributed by atoms with E-state index in [1.165, 1.54) is 0 Å². The number of anilines is 2. The van der Waals surface area contributed by atoms with Crippen LogP contribution < -0.4 is 5.32 Å². The van der Waals surface area contributed by atoms with E-state index in [4.69, 9.17) is 21.1 Å². The van der Waals surface area contributed by atoms with E-state index in [0.29, 0.717) is 29.2 Å². The van der Waals surface area contributed by atoms with Gasteiger partial charge in [0.25, 0.3) is 0 Å². The van der Waals surface area contributed by atoms with E-state index in [0.717, 1.165) is 22.8 Å². The van der Waals surface area contributed by atoms with Crippen molar-refractivity contribution in [2.75, 3.05) is 5.32 Å². The van der Waals surface area contributed by atoms with Crippen LogP contribution in [-0.4, -0.2) is 15.6 Å². The van der Waals surface area contributed by atoms with Gasteiger partial charge in [0.2, 0.25) is 0 Å². The molecule has 4 aromatic rings. The first-order chi connectivity index (χ1) is 14.2. The summed E-state index contributed by atoms with van der Waals surface area (Å²) in [4.78, 5) is 13.2. The second-order valence-corrected chi connectivity index (χ2v) is 7.53. The number of ketones is 1. The molecule has 0 saturated heterocycles. The van der Waals surface area contributed by atoms with E-state index in [-0.39, 0.29) is 11.7 Å². The minimum absolute atomic E-state index is 0.00295. The standard InChI is InChI=1S/C23H18ClN3O2/c24-16-6-4-7-17(14-16)25-23-22-19(27(26-23)18-8-2-1-3-9-18)12-15(13-20(22)28)21-10-5-11-29-21/h1-11,14-15H,12-13H2,(H,25,26). The third kappa shape index (κ3) is 3.34. The fourth-order valence-electron chi connectivity index (χ4n) is 3.86. The molecule has 1 N–H and O–H groups in total. The lowest BCUT2D eigenvalue weighted by atomic mass is 9.85. The number of hydrogen-bond donors (Lipinski definition) is 1. The summed E-state index contributed by atoms with van der Waals surface area (Å²) < 4.78 is 7.44. The Bertz CT molecular complexity index is 1170. The normalized spacial score (nSPS) is 15.9. The van der Waals surface area contributed by atoms with Crippen LogP contribution in [0.15, 0.2) is 77.4 Å². The van der Waals surface area contributed by atoms with Crippen LogP contribution in [0.25, 0.3) is 5.69 Å². The molecule has 5 nitrogen and oxygen atoms in total. The lowest BCUT2D eigenvalue weighted by molar-refractivity contribution is 0.0960. The number of hydrogen-bond acceptors (Lipinski definition) is 4. The van der Waals surface area contributed by atoms with Crippen molar-refractivity contribution in [3.8, 4) is 5.69 Å². The number of Topliss-reactive ketones (excluding diaryl/α,β-unsaturated/α-hetero) is 1. The Morgan fingerprint density at radius 2 is 1.90 bits per heavy atom. The molecule has 144 valence electrons. The third-order valence-corrected chi connectivity index (χ3v) is 5.40. The number of furan rings is 1. The van der Waals surface area contributed by atoms with Crippen molar-refractivity contribution in [3.05, 3.63) is 95.0 Å². The van der Waals surface area contributed by atoms with Crippen LogP contribution in [0.2, 0.25) is 5.02 Å². The Kier molecular flexibility index (Phi) is 4.45. The summed E-state index contributed by atoms with van der Waals surface area (Å²) in [5.41, 5.74) is 3.23. The monoisotopic (exact) mass is 403 g/mol. The molecule has 6 heteroatoms. The molecule has 0 fully saturated rings. The molecule has 2 aromatic carbocycles. The van der Waals surface area contributed by atoms with Gasteiger partial charge in [0.05, 0.1) is 23.2 Å². The first-order valence-corrected chi connectivity index (χ1v) is 9.83.